The molecule has 0 spiro atoms. The molecule has 7 nitrogen and oxygen atoms in total. The van der Waals surface area contributed by atoms with Crippen molar-refractivity contribution in [1.29, 1.82) is 0 Å². The largest absolute Gasteiger partial charge is 0.462 e. The number of hydrogen-bond acceptors (Lipinski definition) is 8. The molecule has 0 amide bonds. The van der Waals surface area contributed by atoms with E-state index in [0.717, 1.165) is 5.56 Å². The van der Waals surface area contributed by atoms with Crippen LogP contribution in [-0.2, 0) is 9.47 Å². The van der Waals surface area contributed by atoms with E-state index >= 15 is 0 Å². The fraction of sp³-hybridized carbons (Fsp3) is 0.294. The topological polar surface area (TPSA) is 89.9 Å². The number of thiazole rings is 1. The van der Waals surface area contributed by atoms with Crippen LogP contribution in [0.3, 0.4) is 0 Å². The Balaban J connectivity index is 1.98. The molecule has 1 aromatic heterocycles. The molecule has 132 valence electrons. The van der Waals surface area contributed by atoms with Gasteiger partial charge in [0.15, 0.2) is 0 Å². The number of rotatable bonds is 7. The summed E-state index contributed by atoms with van der Waals surface area (Å²) in [5, 5.41) is 4.59. The number of hydrazone groups is 1. The highest BCUT2D eigenvalue weighted by atomic mass is 32.1. The van der Waals surface area contributed by atoms with Crippen molar-refractivity contribution in [1.82, 2.24) is 4.98 Å². The van der Waals surface area contributed by atoms with Gasteiger partial charge < -0.3 is 9.47 Å². The Morgan fingerprint density at radius 1 is 1.16 bits per heavy atom. The normalized spacial score (nSPS) is 10.7. The van der Waals surface area contributed by atoms with Crippen LogP contribution >= 0.6 is 11.3 Å². The first-order valence-corrected chi connectivity index (χ1v) is 8.57. The van der Waals surface area contributed by atoms with Gasteiger partial charge >= 0.3 is 11.9 Å². The number of benzene rings is 1. The van der Waals surface area contributed by atoms with Crippen molar-refractivity contribution < 1.29 is 19.1 Å². The van der Waals surface area contributed by atoms with Crippen molar-refractivity contribution in [3.8, 4) is 0 Å². The molecule has 2 aromatic rings. The summed E-state index contributed by atoms with van der Waals surface area (Å²) in [6.07, 6.45) is 1.59. The molecule has 0 unspecified atom stereocenters. The smallest absolute Gasteiger partial charge is 0.350 e. The van der Waals surface area contributed by atoms with Crippen LogP contribution in [0.15, 0.2) is 29.4 Å². The number of carbonyl (C=O) groups is 2. The van der Waals surface area contributed by atoms with Crippen LogP contribution in [0.5, 0.6) is 0 Å². The second-order valence-corrected chi connectivity index (χ2v) is 5.87. The number of nitrogens with zero attached hydrogens (tertiary/aromatic N) is 2. The van der Waals surface area contributed by atoms with Crippen LogP contribution < -0.4 is 5.43 Å². The maximum Gasteiger partial charge on any atom is 0.350 e. The first-order valence-electron chi connectivity index (χ1n) is 7.76. The number of aryl methyl sites for hydroxylation is 1. The molecule has 0 atom stereocenters. The maximum absolute atomic E-state index is 11.8. The van der Waals surface area contributed by atoms with Gasteiger partial charge in [-0.1, -0.05) is 23.5 Å². The van der Waals surface area contributed by atoms with Gasteiger partial charge in [-0.05, 0) is 38.5 Å². The highest BCUT2D eigenvalue weighted by molar-refractivity contribution is 7.17. The van der Waals surface area contributed by atoms with Gasteiger partial charge in [0.25, 0.3) is 0 Å². The Labute approximate surface area is 149 Å². The Morgan fingerprint density at radius 3 is 2.44 bits per heavy atom. The van der Waals surface area contributed by atoms with Crippen LogP contribution in [0.4, 0.5) is 5.13 Å². The quantitative estimate of drug-likeness (QED) is 0.462. The average Bonchev–Trinajstić information content (AvgIpc) is 2.97. The summed E-state index contributed by atoms with van der Waals surface area (Å²) in [4.78, 5) is 28.0. The summed E-state index contributed by atoms with van der Waals surface area (Å²) in [5.41, 5.74) is 4.68. The summed E-state index contributed by atoms with van der Waals surface area (Å²) in [5.74, 6) is -0.738. The number of esters is 2. The van der Waals surface area contributed by atoms with E-state index in [0.29, 0.717) is 34.5 Å². The zero-order chi connectivity index (χ0) is 18.2. The van der Waals surface area contributed by atoms with Crippen LogP contribution in [0, 0.1) is 6.92 Å². The first-order chi connectivity index (χ1) is 12.0. The molecule has 0 aliphatic heterocycles. The SMILES string of the molecule is CCOC(=O)c1ccc(/C=N\Nc2nc(C)c(C(=O)OCC)s2)cc1. The van der Waals surface area contributed by atoms with Crippen LogP contribution in [0.1, 0.15) is 45.1 Å². The fourth-order valence-corrected chi connectivity index (χ4v) is 2.72. The van der Waals surface area contributed by atoms with Gasteiger partial charge in [0.1, 0.15) is 4.88 Å². The molecule has 1 aromatic carbocycles. The lowest BCUT2D eigenvalue weighted by Crippen LogP contribution is -2.04. The second kappa shape index (κ2) is 8.93. The molecule has 0 radical (unpaired) electrons. The lowest BCUT2D eigenvalue weighted by molar-refractivity contribution is 0.0518. The van der Waals surface area contributed by atoms with Gasteiger partial charge in [-0.15, -0.1) is 0 Å². The van der Waals surface area contributed by atoms with Gasteiger partial charge in [0.05, 0.1) is 30.7 Å². The van der Waals surface area contributed by atoms with Gasteiger partial charge in [-0.3, -0.25) is 5.43 Å². The lowest BCUT2D eigenvalue weighted by Gasteiger charge is -2.01. The monoisotopic (exact) mass is 361 g/mol. The summed E-state index contributed by atoms with van der Waals surface area (Å²) in [6.45, 7) is 5.92. The van der Waals surface area contributed by atoms with E-state index in [1.807, 2.05) is 0 Å². The van der Waals surface area contributed by atoms with Gasteiger partial charge in [0, 0.05) is 0 Å². The van der Waals surface area contributed by atoms with E-state index in [1.54, 1.807) is 51.3 Å². The zero-order valence-electron chi connectivity index (χ0n) is 14.2. The van der Waals surface area contributed by atoms with E-state index in [-0.39, 0.29) is 11.9 Å². The summed E-state index contributed by atoms with van der Waals surface area (Å²) in [7, 11) is 0. The molecule has 0 bridgehead atoms. The molecule has 0 fully saturated rings. The minimum Gasteiger partial charge on any atom is -0.462 e. The molecule has 0 aliphatic rings. The van der Waals surface area contributed by atoms with Crippen molar-refractivity contribution in [3.05, 3.63) is 46.0 Å². The average molecular weight is 361 g/mol. The number of carbonyl (C=O) groups excluding carboxylic acids is 2. The van der Waals surface area contributed by atoms with Gasteiger partial charge in [-0.2, -0.15) is 5.10 Å². The number of hydrogen-bond donors (Lipinski definition) is 1. The molecule has 8 heteroatoms. The molecule has 1 N–H and O–H groups in total. The third-order valence-corrected chi connectivity index (χ3v) is 4.10. The van der Waals surface area contributed by atoms with Crippen LogP contribution in [-0.4, -0.2) is 36.4 Å². The number of aromatic nitrogens is 1. The number of nitrogens with one attached hydrogen (secondary N) is 1. The molecular formula is C17H19N3O4S. The summed E-state index contributed by atoms with van der Waals surface area (Å²) in [6, 6.07) is 6.86. The van der Waals surface area contributed by atoms with Crippen molar-refractivity contribution in [2.24, 2.45) is 5.10 Å². The van der Waals surface area contributed by atoms with E-state index in [2.05, 4.69) is 15.5 Å². The fourth-order valence-electron chi connectivity index (χ4n) is 1.91. The van der Waals surface area contributed by atoms with Crippen LogP contribution in [0.2, 0.25) is 0 Å². The van der Waals surface area contributed by atoms with Crippen molar-refractivity contribution in [2.75, 3.05) is 18.6 Å². The highest BCUT2D eigenvalue weighted by Gasteiger charge is 2.15. The predicted octanol–water partition coefficient (Wildman–Crippen LogP) is 3.25. The Hall–Kier alpha value is -2.74. The molecular weight excluding hydrogens is 342 g/mol. The molecule has 2 rings (SSSR count). The number of ether oxygens (including phenoxy) is 2. The van der Waals surface area contributed by atoms with E-state index in [1.165, 1.54) is 11.3 Å². The van der Waals surface area contributed by atoms with E-state index < -0.39 is 0 Å². The minimum absolute atomic E-state index is 0.318. The highest BCUT2D eigenvalue weighted by Crippen LogP contribution is 2.23. The van der Waals surface area contributed by atoms with E-state index in [4.69, 9.17) is 9.47 Å². The summed E-state index contributed by atoms with van der Waals surface area (Å²) >= 11 is 1.18. The van der Waals surface area contributed by atoms with Crippen LogP contribution in [0.25, 0.3) is 0 Å². The van der Waals surface area contributed by atoms with Gasteiger partial charge in [0.2, 0.25) is 5.13 Å². The molecule has 25 heavy (non-hydrogen) atoms. The minimum atomic E-state index is -0.385. The first kappa shape index (κ1) is 18.6. The van der Waals surface area contributed by atoms with Crippen molar-refractivity contribution in [3.63, 3.8) is 0 Å². The zero-order valence-corrected chi connectivity index (χ0v) is 15.1. The molecule has 0 saturated heterocycles. The lowest BCUT2D eigenvalue weighted by atomic mass is 10.1. The van der Waals surface area contributed by atoms with Crippen molar-refractivity contribution in [2.45, 2.75) is 20.8 Å². The molecule has 0 aliphatic carbocycles. The number of anilines is 1. The van der Waals surface area contributed by atoms with Crippen molar-refractivity contribution >= 4 is 34.6 Å². The Morgan fingerprint density at radius 2 is 1.80 bits per heavy atom. The Bertz CT molecular complexity index is 769. The molecule has 1 heterocycles. The standard InChI is InChI=1S/C17H19N3O4S/c1-4-23-15(21)13-8-6-12(7-9-13)10-18-20-17-19-11(3)14(25-17)16(22)24-5-2/h6-10H,4-5H2,1-3H3,(H,19,20)/b18-10-. The maximum atomic E-state index is 11.8. The predicted molar refractivity (Wildman–Crippen MR) is 96.4 cm³/mol. The Kier molecular flexibility index (Phi) is 6.64. The third kappa shape index (κ3) is 5.12. The summed E-state index contributed by atoms with van der Waals surface area (Å²) < 4.78 is 9.90. The molecule has 0 saturated carbocycles. The second-order valence-electron chi connectivity index (χ2n) is 4.87. The third-order valence-electron chi connectivity index (χ3n) is 3.05. The van der Waals surface area contributed by atoms with Gasteiger partial charge in [-0.25, -0.2) is 14.6 Å². The van der Waals surface area contributed by atoms with E-state index in [9.17, 15) is 9.59 Å².